The highest BCUT2D eigenvalue weighted by atomic mass is 16.3. The van der Waals surface area contributed by atoms with Crippen LogP contribution in [0.25, 0.3) is 16.9 Å². The number of nitrogens with one attached hydrogen (secondary N) is 1. The summed E-state index contributed by atoms with van der Waals surface area (Å²) in [6, 6.07) is 7.91. The topological polar surface area (TPSA) is 97.3 Å². The summed E-state index contributed by atoms with van der Waals surface area (Å²) in [7, 11) is 0. The summed E-state index contributed by atoms with van der Waals surface area (Å²) in [6.07, 6.45) is 7.51. The number of amides is 1. The average molecular weight is 419 g/mol. The molecule has 31 heavy (non-hydrogen) atoms. The van der Waals surface area contributed by atoms with Gasteiger partial charge in [0.15, 0.2) is 5.65 Å². The number of aromatic nitrogens is 5. The van der Waals surface area contributed by atoms with E-state index in [1.807, 2.05) is 6.07 Å². The van der Waals surface area contributed by atoms with Gasteiger partial charge in [-0.25, -0.2) is 9.50 Å². The summed E-state index contributed by atoms with van der Waals surface area (Å²) in [5, 5.41) is 22.1. The Morgan fingerprint density at radius 1 is 1.29 bits per heavy atom. The number of carbonyl (C=O) groups is 1. The van der Waals surface area contributed by atoms with Gasteiger partial charge in [-0.05, 0) is 50.5 Å². The Balaban J connectivity index is 1.74. The van der Waals surface area contributed by atoms with Crippen LogP contribution in [0.2, 0.25) is 0 Å². The lowest BCUT2D eigenvalue weighted by atomic mass is 10.0. The van der Waals surface area contributed by atoms with Crippen molar-refractivity contribution >= 4 is 17.2 Å². The Labute approximate surface area is 180 Å². The third kappa shape index (κ3) is 4.34. The molecular weight excluding hydrogens is 392 g/mol. The van der Waals surface area contributed by atoms with Crippen LogP contribution < -0.4 is 5.32 Å². The Bertz CT molecular complexity index is 1250. The molecule has 3 aromatic heterocycles. The Kier molecular flexibility index (Phi) is 5.32. The van der Waals surface area contributed by atoms with Crippen molar-refractivity contribution < 1.29 is 9.90 Å². The van der Waals surface area contributed by atoms with E-state index >= 15 is 0 Å². The average Bonchev–Trinajstić information content (AvgIpc) is 3.31. The van der Waals surface area contributed by atoms with Crippen molar-refractivity contribution in [3.8, 4) is 11.3 Å². The van der Waals surface area contributed by atoms with Crippen molar-refractivity contribution in [2.75, 3.05) is 5.32 Å². The van der Waals surface area contributed by atoms with E-state index in [1.165, 1.54) is 17.3 Å². The molecule has 0 saturated heterocycles. The molecule has 160 valence electrons. The summed E-state index contributed by atoms with van der Waals surface area (Å²) in [5.41, 5.74) is 4.47. The fraction of sp³-hybridized carbons (Fsp3) is 0.304. The summed E-state index contributed by atoms with van der Waals surface area (Å²) >= 11 is 0. The van der Waals surface area contributed by atoms with E-state index in [4.69, 9.17) is 0 Å². The maximum atomic E-state index is 13.1. The number of anilines is 1. The minimum absolute atomic E-state index is 0.292. The molecule has 1 amide bonds. The summed E-state index contributed by atoms with van der Waals surface area (Å²) in [5.74, 6) is -0.319. The number of aryl methyl sites for hydroxylation is 2. The zero-order valence-corrected chi connectivity index (χ0v) is 18.1. The Morgan fingerprint density at radius 2 is 2.10 bits per heavy atom. The zero-order chi connectivity index (χ0) is 22.2. The minimum Gasteiger partial charge on any atom is -0.389 e. The number of hydrogen-bond acceptors (Lipinski definition) is 5. The first-order valence-corrected chi connectivity index (χ1v) is 10.2. The molecule has 4 aromatic rings. The van der Waals surface area contributed by atoms with E-state index in [0.29, 0.717) is 29.1 Å². The molecule has 0 radical (unpaired) electrons. The van der Waals surface area contributed by atoms with Crippen LogP contribution >= 0.6 is 0 Å². The fourth-order valence-corrected chi connectivity index (χ4v) is 3.58. The summed E-state index contributed by atoms with van der Waals surface area (Å²) < 4.78 is 3.21. The van der Waals surface area contributed by atoms with Crippen molar-refractivity contribution in [1.29, 1.82) is 0 Å². The lowest BCUT2D eigenvalue weighted by Crippen LogP contribution is -2.26. The first-order valence-electron chi connectivity index (χ1n) is 10.2. The third-order valence-corrected chi connectivity index (χ3v) is 5.09. The second-order valence-corrected chi connectivity index (χ2v) is 8.30. The third-order valence-electron chi connectivity index (χ3n) is 5.09. The van der Waals surface area contributed by atoms with E-state index in [0.717, 1.165) is 12.0 Å². The van der Waals surface area contributed by atoms with Crippen LogP contribution in [0.3, 0.4) is 0 Å². The standard InChI is InChI=1S/C23H26N6O2/c1-5-16-11-17(8-7-15(16)2)20-19(13-28(27-20)14-23(3,4)31)26-22(30)18-12-25-29-10-6-9-24-21(18)29/h6-13,31H,5,14H2,1-4H3,(H,26,30). The van der Waals surface area contributed by atoms with E-state index in [-0.39, 0.29) is 5.91 Å². The number of aliphatic hydroxyl groups is 1. The van der Waals surface area contributed by atoms with Gasteiger partial charge in [-0.15, -0.1) is 0 Å². The second kappa shape index (κ2) is 7.96. The molecule has 0 aliphatic carbocycles. The number of fused-ring (bicyclic) bond motifs is 1. The lowest BCUT2D eigenvalue weighted by molar-refractivity contribution is 0.0578. The minimum atomic E-state index is -0.946. The SMILES string of the molecule is CCc1cc(-c2nn(CC(C)(C)O)cc2NC(=O)c2cnn3cccnc23)ccc1C. The Hall–Kier alpha value is -3.52. The number of nitrogens with zero attached hydrogens (tertiary/aromatic N) is 5. The van der Waals surface area contributed by atoms with Crippen LogP contribution in [0.4, 0.5) is 5.69 Å². The predicted octanol–water partition coefficient (Wildman–Crippen LogP) is 3.49. The van der Waals surface area contributed by atoms with Crippen molar-refractivity contribution in [3.63, 3.8) is 0 Å². The van der Waals surface area contributed by atoms with Gasteiger partial charge >= 0.3 is 0 Å². The number of carbonyl (C=O) groups excluding carboxylic acids is 1. The molecule has 0 spiro atoms. The van der Waals surface area contributed by atoms with E-state index in [1.54, 1.807) is 47.7 Å². The lowest BCUT2D eigenvalue weighted by Gasteiger charge is -2.16. The monoisotopic (exact) mass is 418 g/mol. The predicted molar refractivity (Wildman–Crippen MR) is 119 cm³/mol. The second-order valence-electron chi connectivity index (χ2n) is 8.30. The highest BCUT2D eigenvalue weighted by molar-refractivity contribution is 6.09. The molecule has 0 bridgehead atoms. The maximum Gasteiger partial charge on any atom is 0.261 e. The summed E-state index contributed by atoms with van der Waals surface area (Å²) in [6.45, 7) is 7.92. The van der Waals surface area contributed by atoms with Crippen molar-refractivity contribution in [2.24, 2.45) is 0 Å². The van der Waals surface area contributed by atoms with Gasteiger partial charge in [0.05, 0.1) is 24.0 Å². The number of benzene rings is 1. The molecule has 4 rings (SSSR count). The molecule has 0 aliphatic heterocycles. The fourth-order valence-electron chi connectivity index (χ4n) is 3.58. The molecule has 2 N–H and O–H groups in total. The highest BCUT2D eigenvalue weighted by Crippen LogP contribution is 2.29. The van der Waals surface area contributed by atoms with Crippen LogP contribution in [-0.2, 0) is 13.0 Å². The van der Waals surface area contributed by atoms with Crippen LogP contribution in [0, 0.1) is 6.92 Å². The van der Waals surface area contributed by atoms with Gasteiger partial charge < -0.3 is 10.4 Å². The van der Waals surface area contributed by atoms with Gasteiger partial charge in [-0.1, -0.05) is 19.1 Å². The molecule has 1 aromatic carbocycles. The van der Waals surface area contributed by atoms with Crippen LogP contribution in [0.1, 0.15) is 42.3 Å². The molecular formula is C23H26N6O2. The first-order chi connectivity index (χ1) is 14.7. The van der Waals surface area contributed by atoms with Crippen LogP contribution in [-0.4, -0.2) is 41.0 Å². The number of hydrogen-bond donors (Lipinski definition) is 2. The quantitative estimate of drug-likeness (QED) is 0.500. The normalized spacial score (nSPS) is 11.8. The molecule has 0 aliphatic rings. The smallest absolute Gasteiger partial charge is 0.261 e. The zero-order valence-electron chi connectivity index (χ0n) is 18.1. The van der Waals surface area contributed by atoms with E-state index < -0.39 is 5.60 Å². The first kappa shape index (κ1) is 20.7. The molecule has 0 fully saturated rings. The molecule has 8 heteroatoms. The van der Waals surface area contributed by atoms with Crippen molar-refractivity contribution in [1.82, 2.24) is 24.4 Å². The highest BCUT2D eigenvalue weighted by Gasteiger charge is 2.21. The van der Waals surface area contributed by atoms with Gasteiger partial charge in [0.1, 0.15) is 11.3 Å². The maximum absolute atomic E-state index is 13.1. The van der Waals surface area contributed by atoms with E-state index in [2.05, 4.69) is 46.5 Å². The van der Waals surface area contributed by atoms with E-state index in [9.17, 15) is 9.90 Å². The molecule has 3 heterocycles. The van der Waals surface area contributed by atoms with Crippen molar-refractivity contribution in [3.05, 3.63) is 65.7 Å². The van der Waals surface area contributed by atoms with Gasteiger partial charge in [0.2, 0.25) is 0 Å². The van der Waals surface area contributed by atoms with Gasteiger partial charge in [-0.2, -0.15) is 10.2 Å². The summed E-state index contributed by atoms with van der Waals surface area (Å²) in [4.78, 5) is 17.3. The van der Waals surface area contributed by atoms with Gasteiger partial charge in [0.25, 0.3) is 5.91 Å². The number of rotatable bonds is 6. The largest absolute Gasteiger partial charge is 0.389 e. The molecule has 0 saturated carbocycles. The van der Waals surface area contributed by atoms with Crippen LogP contribution in [0.15, 0.2) is 49.1 Å². The molecule has 0 atom stereocenters. The molecule has 0 unspecified atom stereocenters. The molecule has 8 nitrogen and oxygen atoms in total. The van der Waals surface area contributed by atoms with Gasteiger partial charge in [0, 0.05) is 24.2 Å². The van der Waals surface area contributed by atoms with Gasteiger partial charge in [-0.3, -0.25) is 9.48 Å². The Morgan fingerprint density at radius 3 is 2.84 bits per heavy atom. The van der Waals surface area contributed by atoms with Crippen molar-refractivity contribution in [2.45, 2.75) is 46.3 Å². The van der Waals surface area contributed by atoms with Crippen LogP contribution in [0.5, 0.6) is 0 Å².